The van der Waals surface area contributed by atoms with E-state index in [1.165, 1.54) is 0 Å². The van der Waals surface area contributed by atoms with Crippen LogP contribution in [0.5, 0.6) is 5.88 Å². The minimum Gasteiger partial charge on any atom is -0.411 e. The molecule has 0 atom stereocenters. The smallest absolute Gasteiger partial charge is 0.299 e. The van der Waals surface area contributed by atoms with E-state index in [1.807, 2.05) is 47.8 Å². The molecule has 0 amide bonds. The van der Waals surface area contributed by atoms with Crippen molar-refractivity contribution in [3.63, 3.8) is 0 Å². The van der Waals surface area contributed by atoms with E-state index in [0.717, 1.165) is 11.2 Å². The third kappa shape index (κ3) is 1.66. The molecule has 0 unspecified atom stereocenters. The molecule has 0 spiro atoms. The lowest BCUT2D eigenvalue weighted by molar-refractivity contribution is -0.121. The van der Waals surface area contributed by atoms with Crippen LogP contribution in [0.1, 0.15) is 0 Å². The SMILES string of the molecule is CN(C)c1cc2cccc(OC=O)n2c1. The van der Waals surface area contributed by atoms with Gasteiger partial charge in [-0.15, -0.1) is 0 Å². The summed E-state index contributed by atoms with van der Waals surface area (Å²) in [5.41, 5.74) is 2.06. The van der Waals surface area contributed by atoms with Gasteiger partial charge in [0, 0.05) is 20.3 Å². The molecular formula is C11H12N2O2. The molecule has 0 aliphatic carbocycles. The summed E-state index contributed by atoms with van der Waals surface area (Å²) in [5, 5.41) is 0. The maximum Gasteiger partial charge on any atom is 0.299 e. The van der Waals surface area contributed by atoms with E-state index in [-0.39, 0.29) is 0 Å². The van der Waals surface area contributed by atoms with Gasteiger partial charge in [-0.1, -0.05) is 6.07 Å². The summed E-state index contributed by atoms with van der Waals surface area (Å²) >= 11 is 0. The van der Waals surface area contributed by atoms with E-state index >= 15 is 0 Å². The molecule has 0 saturated heterocycles. The summed E-state index contributed by atoms with van der Waals surface area (Å²) in [4.78, 5) is 12.3. The molecule has 0 aliphatic rings. The Kier molecular flexibility index (Phi) is 2.33. The Morgan fingerprint density at radius 2 is 2.20 bits per heavy atom. The van der Waals surface area contributed by atoms with Crippen molar-refractivity contribution in [3.05, 3.63) is 30.5 Å². The van der Waals surface area contributed by atoms with Crippen LogP contribution in [0.4, 0.5) is 5.69 Å². The fraction of sp³-hybridized carbons (Fsp3) is 0.182. The van der Waals surface area contributed by atoms with Crippen LogP contribution in [0.3, 0.4) is 0 Å². The van der Waals surface area contributed by atoms with Crippen molar-refractivity contribution in [2.24, 2.45) is 0 Å². The largest absolute Gasteiger partial charge is 0.411 e. The number of rotatable bonds is 3. The quantitative estimate of drug-likeness (QED) is 0.711. The Morgan fingerprint density at radius 3 is 2.87 bits per heavy atom. The van der Waals surface area contributed by atoms with Crippen LogP contribution in [-0.2, 0) is 4.79 Å². The first-order valence-corrected chi connectivity index (χ1v) is 4.61. The summed E-state index contributed by atoms with van der Waals surface area (Å²) in [6, 6.07) is 7.59. The molecule has 2 rings (SSSR count). The molecule has 2 aromatic rings. The molecule has 4 heteroatoms. The fourth-order valence-electron chi connectivity index (χ4n) is 1.48. The van der Waals surface area contributed by atoms with Gasteiger partial charge in [0.1, 0.15) is 0 Å². The van der Waals surface area contributed by atoms with Crippen LogP contribution in [-0.4, -0.2) is 25.0 Å². The summed E-state index contributed by atoms with van der Waals surface area (Å²) < 4.78 is 6.71. The Balaban J connectivity index is 2.58. The zero-order valence-corrected chi connectivity index (χ0v) is 8.68. The van der Waals surface area contributed by atoms with Gasteiger partial charge in [0.2, 0.25) is 5.88 Å². The van der Waals surface area contributed by atoms with Gasteiger partial charge >= 0.3 is 0 Å². The number of fused-ring (bicyclic) bond motifs is 1. The van der Waals surface area contributed by atoms with Gasteiger partial charge in [-0.25, -0.2) is 0 Å². The van der Waals surface area contributed by atoms with Crippen LogP contribution < -0.4 is 9.64 Å². The molecule has 0 saturated carbocycles. The first-order chi connectivity index (χ1) is 7.22. The molecule has 0 aliphatic heterocycles. The molecular weight excluding hydrogens is 192 g/mol. The molecule has 0 bridgehead atoms. The minimum atomic E-state index is 0.435. The highest BCUT2D eigenvalue weighted by molar-refractivity contribution is 5.63. The van der Waals surface area contributed by atoms with E-state index in [0.29, 0.717) is 12.4 Å². The Bertz CT molecular complexity index is 488. The number of carbonyl (C=O) groups is 1. The molecule has 15 heavy (non-hydrogen) atoms. The Hall–Kier alpha value is -1.97. The Labute approximate surface area is 87.7 Å². The molecule has 0 aromatic carbocycles. The minimum absolute atomic E-state index is 0.435. The number of carbonyl (C=O) groups excluding carboxylic acids is 1. The molecule has 78 valence electrons. The normalized spacial score (nSPS) is 10.3. The highest BCUT2D eigenvalue weighted by Gasteiger charge is 2.04. The highest BCUT2D eigenvalue weighted by Crippen LogP contribution is 2.22. The number of aromatic nitrogens is 1. The molecule has 0 radical (unpaired) electrons. The summed E-state index contributed by atoms with van der Waals surface area (Å²) in [7, 11) is 3.93. The van der Waals surface area contributed by atoms with Crippen molar-refractivity contribution in [2.45, 2.75) is 0 Å². The number of hydrogen-bond donors (Lipinski definition) is 0. The highest BCUT2D eigenvalue weighted by atomic mass is 16.5. The average Bonchev–Trinajstić information content (AvgIpc) is 2.63. The Morgan fingerprint density at radius 1 is 1.40 bits per heavy atom. The summed E-state index contributed by atoms with van der Waals surface area (Å²) in [5.74, 6) is 0.524. The van der Waals surface area contributed by atoms with Crippen LogP contribution in [0.15, 0.2) is 30.5 Å². The lowest BCUT2D eigenvalue weighted by Gasteiger charge is -2.07. The summed E-state index contributed by atoms with van der Waals surface area (Å²) in [6.07, 6.45) is 1.92. The number of anilines is 1. The lowest BCUT2D eigenvalue weighted by atomic mass is 10.4. The molecule has 4 nitrogen and oxygen atoms in total. The van der Waals surface area contributed by atoms with Crippen molar-refractivity contribution in [1.82, 2.24) is 4.40 Å². The maximum atomic E-state index is 10.3. The lowest BCUT2D eigenvalue weighted by Crippen LogP contribution is -2.07. The van der Waals surface area contributed by atoms with Crippen LogP contribution >= 0.6 is 0 Å². The van der Waals surface area contributed by atoms with E-state index in [9.17, 15) is 4.79 Å². The van der Waals surface area contributed by atoms with Crippen LogP contribution in [0.25, 0.3) is 5.52 Å². The van der Waals surface area contributed by atoms with Crippen molar-refractivity contribution in [1.29, 1.82) is 0 Å². The van der Waals surface area contributed by atoms with Crippen molar-refractivity contribution in [2.75, 3.05) is 19.0 Å². The molecule has 0 fully saturated rings. The van der Waals surface area contributed by atoms with E-state index < -0.39 is 0 Å². The second-order valence-corrected chi connectivity index (χ2v) is 3.47. The summed E-state index contributed by atoms with van der Waals surface area (Å²) in [6.45, 7) is 0.435. The first-order valence-electron chi connectivity index (χ1n) is 4.61. The van der Waals surface area contributed by atoms with Gasteiger partial charge in [0.25, 0.3) is 6.47 Å². The third-order valence-corrected chi connectivity index (χ3v) is 2.26. The van der Waals surface area contributed by atoms with Gasteiger partial charge in [-0.05, 0) is 18.2 Å². The third-order valence-electron chi connectivity index (χ3n) is 2.26. The van der Waals surface area contributed by atoms with Gasteiger partial charge in [-0.3, -0.25) is 9.20 Å². The standard InChI is InChI=1S/C11H12N2O2/c1-12(2)10-6-9-4-3-5-11(15-8-14)13(9)7-10/h3-8H,1-2H3. The van der Waals surface area contributed by atoms with Gasteiger partial charge in [0.05, 0.1) is 11.2 Å². The van der Waals surface area contributed by atoms with Gasteiger partial charge in [0.15, 0.2) is 0 Å². The number of pyridine rings is 1. The second-order valence-electron chi connectivity index (χ2n) is 3.47. The monoisotopic (exact) mass is 204 g/mol. The predicted octanol–water partition coefficient (Wildman–Crippen LogP) is 1.54. The number of hydrogen-bond acceptors (Lipinski definition) is 3. The van der Waals surface area contributed by atoms with Gasteiger partial charge in [-0.2, -0.15) is 0 Å². The van der Waals surface area contributed by atoms with Crippen LogP contribution in [0, 0.1) is 0 Å². The second kappa shape index (κ2) is 3.65. The maximum absolute atomic E-state index is 10.3. The van der Waals surface area contributed by atoms with Crippen molar-refractivity contribution >= 4 is 17.7 Å². The average molecular weight is 204 g/mol. The zero-order chi connectivity index (χ0) is 10.8. The van der Waals surface area contributed by atoms with Crippen molar-refractivity contribution in [3.8, 4) is 5.88 Å². The molecule has 2 aromatic heterocycles. The molecule has 0 N–H and O–H groups in total. The van der Waals surface area contributed by atoms with Crippen LogP contribution in [0.2, 0.25) is 0 Å². The number of ether oxygens (including phenoxy) is 1. The van der Waals surface area contributed by atoms with E-state index in [2.05, 4.69) is 0 Å². The number of nitrogens with zero attached hydrogens (tertiary/aromatic N) is 2. The fourth-order valence-corrected chi connectivity index (χ4v) is 1.48. The van der Waals surface area contributed by atoms with Gasteiger partial charge < -0.3 is 9.64 Å². The zero-order valence-electron chi connectivity index (χ0n) is 8.68. The topological polar surface area (TPSA) is 34.0 Å². The van der Waals surface area contributed by atoms with Crippen molar-refractivity contribution < 1.29 is 9.53 Å². The molecule has 2 heterocycles. The van der Waals surface area contributed by atoms with E-state index in [1.54, 1.807) is 6.07 Å². The van der Waals surface area contributed by atoms with E-state index in [4.69, 9.17) is 4.74 Å². The first kappa shape index (κ1) is 9.58. The predicted molar refractivity (Wildman–Crippen MR) is 58.4 cm³/mol.